The lowest BCUT2D eigenvalue weighted by Crippen LogP contribution is -2.65. The minimum Gasteiger partial charge on any atom is -0.494 e. The fraction of sp³-hybridized carbons (Fsp3) is 0.409. The van der Waals surface area contributed by atoms with Crippen LogP contribution < -0.4 is 4.74 Å². The van der Waals surface area contributed by atoms with Crippen molar-refractivity contribution < 1.29 is 34.7 Å². The van der Waals surface area contributed by atoms with Crippen molar-refractivity contribution in [1.29, 1.82) is 0 Å². The minimum absolute atomic E-state index is 0.219. The molecule has 4 rings (SSSR count). The Balaban J connectivity index is 1.67. The highest BCUT2D eigenvalue weighted by atomic mass is 35.5. The van der Waals surface area contributed by atoms with E-state index in [1.54, 1.807) is 18.2 Å². The van der Waals surface area contributed by atoms with Crippen LogP contribution >= 0.6 is 11.6 Å². The molecule has 2 fully saturated rings. The van der Waals surface area contributed by atoms with Gasteiger partial charge >= 0.3 is 0 Å². The molecule has 0 aromatic heterocycles. The second kappa shape index (κ2) is 8.38. The lowest BCUT2D eigenvalue weighted by molar-refractivity contribution is -0.312. The Bertz CT molecular complexity index is 969. The van der Waals surface area contributed by atoms with Crippen molar-refractivity contribution in [3.8, 4) is 5.75 Å². The van der Waals surface area contributed by atoms with E-state index >= 15 is 0 Å². The SMILES string of the molecule is CCOc1ccc(Cc2cc([C@]34OC[C@](/C=N/O)(O3)[C@@H](O)[C@H](O)[C@H]4O)ccc2Cl)cc1. The normalized spacial score (nSPS) is 32.5. The summed E-state index contributed by atoms with van der Waals surface area (Å²) in [6, 6.07) is 12.7. The van der Waals surface area contributed by atoms with Gasteiger partial charge in [-0.05, 0) is 48.7 Å². The first kappa shape index (κ1) is 22.0. The Morgan fingerprint density at radius 1 is 1.16 bits per heavy atom. The van der Waals surface area contributed by atoms with Crippen molar-refractivity contribution in [2.45, 2.75) is 43.0 Å². The van der Waals surface area contributed by atoms with Crippen LogP contribution in [-0.2, 0) is 21.7 Å². The first-order valence-corrected chi connectivity index (χ1v) is 10.3. The third-order valence-corrected chi connectivity index (χ3v) is 6.11. The van der Waals surface area contributed by atoms with Gasteiger partial charge in [0.1, 0.15) is 24.1 Å². The highest BCUT2D eigenvalue weighted by molar-refractivity contribution is 6.31. The number of halogens is 1. The Labute approximate surface area is 184 Å². The summed E-state index contributed by atoms with van der Waals surface area (Å²) in [7, 11) is 0. The van der Waals surface area contributed by atoms with Crippen LogP contribution in [0.3, 0.4) is 0 Å². The summed E-state index contributed by atoms with van der Waals surface area (Å²) in [5.74, 6) is -0.977. The van der Waals surface area contributed by atoms with Gasteiger partial charge in [-0.2, -0.15) is 0 Å². The molecule has 0 saturated carbocycles. The van der Waals surface area contributed by atoms with Gasteiger partial charge in [0.15, 0.2) is 5.60 Å². The first-order valence-electron chi connectivity index (χ1n) is 9.93. The lowest BCUT2D eigenvalue weighted by Gasteiger charge is -2.45. The van der Waals surface area contributed by atoms with Crippen LogP contribution in [-0.4, -0.2) is 63.9 Å². The molecule has 166 valence electrons. The van der Waals surface area contributed by atoms with Crippen molar-refractivity contribution in [2.75, 3.05) is 13.2 Å². The number of aliphatic hydroxyl groups excluding tert-OH is 3. The molecule has 0 radical (unpaired) electrons. The fourth-order valence-electron chi connectivity index (χ4n) is 4.11. The molecule has 0 aliphatic carbocycles. The van der Waals surface area contributed by atoms with Crippen LogP contribution in [0.1, 0.15) is 23.6 Å². The highest BCUT2D eigenvalue weighted by Gasteiger charge is 2.67. The molecule has 2 aromatic carbocycles. The van der Waals surface area contributed by atoms with E-state index in [2.05, 4.69) is 5.16 Å². The van der Waals surface area contributed by atoms with Gasteiger partial charge in [-0.25, -0.2) is 0 Å². The zero-order chi connectivity index (χ0) is 22.2. The van der Waals surface area contributed by atoms with E-state index in [1.807, 2.05) is 31.2 Å². The highest BCUT2D eigenvalue weighted by Crippen LogP contribution is 2.49. The van der Waals surface area contributed by atoms with Gasteiger partial charge in [-0.15, -0.1) is 0 Å². The van der Waals surface area contributed by atoms with Gasteiger partial charge in [0.2, 0.25) is 5.79 Å². The van der Waals surface area contributed by atoms with Crippen LogP contribution in [0, 0.1) is 0 Å². The average Bonchev–Trinajstić information content (AvgIpc) is 3.14. The topological polar surface area (TPSA) is 121 Å². The van der Waals surface area contributed by atoms with Gasteiger partial charge < -0.3 is 34.7 Å². The summed E-state index contributed by atoms with van der Waals surface area (Å²) >= 11 is 6.42. The predicted octanol–water partition coefficient (Wildman–Crippen LogP) is 1.82. The number of aliphatic hydroxyl groups is 3. The van der Waals surface area contributed by atoms with Crippen LogP contribution in [0.4, 0.5) is 0 Å². The summed E-state index contributed by atoms with van der Waals surface area (Å²) in [5, 5.41) is 44.0. The monoisotopic (exact) mass is 449 g/mol. The van der Waals surface area contributed by atoms with Crippen molar-refractivity contribution in [3.63, 3.8) is 0 Å². The first-order chi connectivity index (χ1) is 14.8. The summed E-state index contributed by atoms with van der Waals surface area (Å²) in [4.78, 5) is 0. The number of oxime groups is 1. The second-order valence-electron chi connectivity index (χ2n) is 7.70. The summed E-state index contributed by atoms with van der Waals surface area (Å²) in [6.07, 6.45) is -3.24. The average molecular weight is 450 g/mol. The van der Waals surface area contributed by atoms with Gasteiger partial charge in [-0.1, -0.05) is 35.0 Å². The zero-order valence-corrected chi connectivity index (χ0v) is 17.6. The third kappa shape index (κ3) is 3.69. The van der Waals surface area contributed by atoms with Gasteiger partial charge in [-0.3, -0.25) is 0 Å². The molecular formula is C22H24ClNO7. The van der Waals surface area contributed by atoms with Crippen LogP contribution in [0.25, 0.3) is 0 Å². The molecule has 2 aliphatic heterocycles. The number of ether oxygens (including phenoxy) is 3. The molecule has 0 amide bonds. The Hall–Kier alpha value is -2.20. The standard InChI is InChI=1S/C22H24ClNO7/c1-2-29-16-6-3-13(4-7-16)9-14-10-15(5-8-17(14)23)22-20(27)18(25)19(26)21(31-22,11-24-28)12-30-22/h3-8,10-11,18-20,25-28H,2,9,12H2,1H3/b24-11+/t18-,19-,20+,21-,22-/m0/s1. The van der Waals surface area contributed by atoms with Crippen LogP contribution in [0.5, 0.6) is 5.75 Å². The van der Waals surface area contributed by atoms with E-state index < -0.39 is 29.7 Å². The Morgan fingerprint density at radius 2 is 1.90 bits per heavy atom. The van der Waals surface area contributed by atoms with Crippen LogP contribution in [0.15, 0.2) is 47.6 Å². The summed E-state index contributed by atoms with van der Waals surface area (Å²) < 4.78 is 17.2. The number of fused-ring (bicyclic) bond motifs is 2. The van der Waals surface area contributed by atoms with Crippen molar-refractivity contribution in [3.05, 3.63) is 64.2 Å². The molecule has 2 bridgehead atoms. The molecular weight excluding hydrogens is 426 g/mol. The van der Waals surface area contributed by atoms with E-state index in [0.717, 1.165) is 23.1 Å². The van der Waals surface area contributed by atoms with Crippen molar-refractivity contribution in [2.24, 2.45) is 5.16 Å². The summed E-state index contributed by atoms with van der Waals surface area (Å²) in [6.45, 7) is 2.28. The van der Waals surface area contributed by atoms with E-state index in [4.69, 9.17) is 31.0 Å². The molecule has 2 heterocycles. The molecule has 9 heteroatoms. The molecule has 4 N–H and O–H groups in total. The summed E-state index contributed by atoms with van der Waals surface area (Å²) in [5.41, 5.74) is 0.577. The Morgan fingerprint density at radius 3 is 2.58 bits per heavy atom. The number of nitrogens with zero attached hydrogens (tertiary/aromatic N) is 1. The van der Waals surface area contributed by atoms with E-state index in [1.165, 1.54) is 0 Å². The molecule has 0 spiro atoms. The number of rotatable bonds is 6. The van der Waals surface area contributed by atoms with Gasteiger partial charge in [0.25, 0.3) is 0 Å². The minimum atomic E-state index is -1.75. The molecule has 2 aromatic rings. The van der Waals surface area contributed by atoms with Gasteiger partial charge in [0, 0.05) is 10.6 Å². The van der Waals surface area contributed by atoms with Crippen LogP contribution in [0.2, 0.25) is 5.02 Å². The maximum Gasteiger partial charge on any atom is 0.225 e. The molecule has 8 nitrogen and oxygen atoms in total. The number of hydrogen-bond acceptors (Lipinski definition) is 8. The fourth-order valence-corrected chi connectivity index (χ4v) is 4.29. The molecule has 5 atom stereocenters. The second-order valence-corrected chi connectivity index (χ2v) is 8.11. The largest absolute Gasteiger partial charge is 0.494 e. The Kier molecular flexibility index (Phi) is 5.95. The van der Waals surface area contributed by atoms with Crippen molar-refractivity contribution in [1.82, 2.24) is 0 Å². The lowest BCUT2D eigenvalue weighted by atomic mass is 9.84. The molecule has 0 unspecified atom stereocenters. The van der Waals surface area contributed by atoms with Crippen molar-refractivity contribution >= 4 is 17.8 Å². The van der Waals surface area contributed by atoms with E-state index in [-0.39, 0.29) is 6.61 Å². The smallest absolute Gasteiger partial charge is 0.225 e. The van der Waals surface area contributed by atoms with E-state index in [9.17, 15) is 15.3 Å². The maximum absolute atomic E-state index is 10.7. The molecule has 31 heavy (non-hydrogen) atoms. The molecule has 2 saturated heterocycles. The maximum atomic E-state index is 10.7. The van der Waals surface area contributed by atoms with Gasteiger partial charge in [0.05, 0.1) is 19.4 Å². The number of benzene rings is 2. The quantitative estimate of drug-likeness (QED) is 0.301. The zero-order valence-electron chi connectivity index (χ0n) is 16.8. The predicted molar refractivity (Wildman–Crippen MR) is 112 cm³/mol. The number of hydrogen-bond donors (Lipinski definition) is 4. The molecule has 2 aliphatic rings. The third-order valence-electron chi connectivity index (χ3n) is 5.74. The van der Waals surface area contributed by atoms with E-state index in [0.29, 0.717) is 23.6 Å².